The number of likely N-dealkylation sites (tertiary alicyclic amines) is 1. The van der Waals surface area contributed by atoms with Gasteiger partial charge < -0.3 is 5.73 Å². The van der Waals surface area contributed by atoms with E-state index in [1.165, 1.54) is 25.9 Å². The fraction of sp³-hybridized carbons (Fsp3) is 1.00. The maximum absolute atomic E-state index is 5.80. The maximum Gasteiger partial charge on any atom is 0.0193 e. The minimum absolute atomic E-state index is 0.323. The first-order valence-electron chi connectivity index (χ1n) is 5.93. The highest BCUT2D eigenvalue weighted by Gasteiger charge is 2.39. The van der Waals surface area contributed by atoms with Crippen LogP contribution in [0, 0.1) is 11.8 Å². The second-order valence-corrected chi connectivity index (χ2v) is 5.54. The summed E-state index contributed by atoms with van der Waals surface area (Å²) in [5.41, 5.74) is 6.12. The monoisotopic (exact) mass is 198 g/mol. The Morgan fingerprint density at radius 3 is 2.50 bits per heavy atom. The van der Waals surface area contributed by atoms with Gasteiger partial charge in [-0.2, -0.15) is 0 Å². The highest BCUT2D eigenvalue weighted by molar-refractivity contribution is 4.95. The van der Waals surface area contributed by atoms with Crippen LogP contribution in [0.3, 0.4) is 0 Å². The second kappa shape index (κ2) is 4.63. The van der Waals surface area contributed by atoms with Crippen LogP contribution in [0.5, 0.6) is 0 Å². The largest absolute Gasteiger partial charge is 0.330 e. The van der Waals surface area contributed by atoms with Crippen molar-refractivity contribution in [1.29, 1.82) is 0 Å². The molecule has 0 aromatic rings. The van der Waals surface area contributed by atoms with Gasteiger partial charge in [-0.15, -0.1) is 0 Å². The van der Waals surface area contributed by atoms with E-state index < -0.39 is 0 Å². The van der Waals surface area contributed by atoms with Crippen LogP contribution >= 0.6 is 0 Å². The molecule has 0 aromatic carbocycles. The van der Waals surface area contributed by atoms with Gasteiger partial charge in [-0.05, 0) is 58.2 Å². The fourth-order valence-corrected chi connectivity index (χ4v) is 2.43. The van der Waals surface area contributed by atoms with Crippen molar-refractivity contribution in [2.75, 3.05) is 19.6 Å². The van der Waals surface area contributed by atoms with Gasteiger partial charge in [0.25, 0.3) is 0 Å². The number of nitrogens with zero attached hydrogens (tertiary/aromatic N) is 1. The maximum atomic E-state index is 5.80. The summed E-state index contributed by atoms with van der Waals surface area (Å²) in [7, 11) is 0. The molecule has 1 aliphatic rings. The van der Waals surface area contributed by atoms with E-state index in [0.717, 1.165) is 12.5 Å². The average molecular weight is 198 g/mol. The van der Waals surface area contributed by atoms with Crippen LogP contribution < -0.4 is 5.73 Å². The van der Waals surface area contributed by atoms with E-state index in [1.807, 2.05) is 0 Å². The third-order valence-corrected chi connectivity index (χ3v) is 3.82. The molecule has 0 saturated carbocycles. The smallest absolute Gasteiger partial charge is 0.0193 e. The normalized spacial score (nSPS) is 27.4. The number of rotatable bonds is 4. The standard InChI is InChI=1S/C12H26N2/c1-10(2)5-7-14-8-6-11(9-13)12(14,3)4/h10-11H,5-9,13H2,1-4H3. The predicted octanol–water partition coefficient (Wildman–Crippen LogP) is 2.09. The molecule has 0 spiro atoms. The van der Waals surface area contributed by atoms with E-state index in [0.29, 0.717) is 11.5 Å². The predicted molar refractivity (Wildman–Crippen MR) is 62.3 cm³/mol. The molecule has 0 aromatic heterocycles. The van der Waals surface area contributed by atoms with Crippen LogP contribution in [0.25, 0.3) is 0 Å². The molecule has 1 heterocycles. The second-order valence-electron chi connectivity index (χ2n) is 5.54. The van der Waals surface area contributed by atoms with Gasteiger partial charge in [0.2, 0.25) is 0 Å². The van der Waals surface area contributed by atoms with E-state index in [2.05, 4.69) is 32.6 Å². The minimum atomic E-state index is 0.323. The number of nitrogens with two attached hydrogens (primary N) is 1. The van der Waals surface area contributed by atoms with Crippen LogP contribution in [0.15, 0.2) is 0 Å². The quantitative estimate of drug-likeness (QED) is 0.749. The topological polar surface area (TPSA) is 29.3 Å². The molecule has 1 unspecified atom stereocenters. The van der Waals surface area contributed by atoms with Gasteiger partial charge >= 0.3 is 0 Å². The Balaban J connectivity index is 2.47. The Kier molecular flexibility index (Phi) is 3.96. The molecule has 1 atom stereocenters. The third-order valence-electron chi connectivity index (χ3n) is 3.82. The van der Waals surface area contributed by atoms with Gasteiger partial charge in [0.1, 0.15) is 0 Å². The highest BCUT2D eigenvalue weighted by Crippen LogP contribution is 2.33. The zero-order valence-corrected chi connectivity index (χ0v) is 10.2. The lowest BCUT2D eigenvalue weighted by atomic mass is 9.88. The van der Waals surface area contributed by atoms with E-state index in [9.17, 15) is 0 Å². The van der Waals surface area contributed by atoms with Gasteiger partial charge in [-0.1, -0.05) is 13.8 Å². The molecule has 14 heavy (non-hydrogen) atoms. The molecule has 0 aliphatic carbocycles. The molecular formula is C12H26N2. The van der Waals surface area contributed by atoms with Crippen molar-refractivity contribution >= 4 is 0 Å². The lowest BCUT2D eigenvalue weighted by Gasteiger charge is -2.36. The summed E-state index contributed by atoms with van der Waals surface area (Å²) in [5.74, 6) is 1.50. The molecule has 1 saturated heterocycles. The summed E-state index contributed by atoms with van der Waals surface area (Å²) in [6.07, 6.45) is 2.59. The van der Waals surface area contributed by atoms with Gasteiger partial charge in [0.15, 0.2) is 0 Å². The third kappa shape index (κ3) is 2.48. The SMILES string of the molecule is CC(C)CCN1CCC(CN)C1(C)C. The van der Waals surface area contributed by atoms with Crippen molar-refractivity contribution in [2.24, 2.45) is 17.6 Å². The lowest BCUT2D eigenvalue weighted by Crippen LogP contribution is -2.45. The molecule has 2 nitrogen and oxygen atoms in total. The molecule has 1 aliphatic heterocycles. The van der Waals surface area contributed by atoms with Crippen molar-refractivity contribution < 1.29 is 0 Å². The average Bonchev–Trinajstić information content (AvgIpc) is 2.37. The molecular weight excluding hydrogens is 172 g/mol. The summed E-state index contributed by atoms with van der Waals surface area (Å²) in [6.45, 7) is 12.6. The Labute approximate surface area is 88.8 Å². The summed E-state index contributed by atoms with van der Waals surface area (Å²) < 4.78 is 0. The van der Waals surface area contributed by atoms with E-state index in [1.54, 1.807) is 0 Å². The molecule has 2 heteroatoms. The van der Waals surface area contributed by atoms with Crippen LogP contribution in [-0.2, 0) is 0 Å². The lowest BCUT2D eigenvalue weighted by molar-refractivity contribution is 0.134. The van der Waals surface area contributed by atoms with Gasteiger partial charge in [0, 0.05) is 5.54 Å². The van der Waals surface area contributed by atoms with Crippen LogP contribution in [0.1, 0.15) is 40.5 Å². The summed E-state index contributed by atoms with van der Waals surface area (Å²) in [5, 5.41) is 0. The molecule has 1 fully saturated rings. The van der Waals surface area contributed by atoms with Crippen LogP contribution in [0.4, 0.5) is 0 Å². The van der Waals surface area contributed by atoms with E-state index in [4.69, 9.17) is 5.73 Å². The van der Waals surface area contributed by atoms with E-state index in [-0.39, 0.29) is 0 Å². The highest BCUT2D eigenvalue weighted by atomic mass is 15.2. The zero-order valence-electron chi connectivity index (χ0n) is 10.2. The van der Waals surface area contributed by atoms with Crippen molar-refractivity contribution in [3.8, 4) is 0 Å². The summed E-state index contributed by atoms with van der Waals surface area (Å²) in [6, 6.07) is 0. The van der Waals surface area contributed by atoms with Gasteiger partial charge in [0.05, 0.1) is 0 Å². The Morgan fingerprint density at radius 2 is 2.07 bits per heavy atom. The first-order valence-corrected chi connectivity index (χ1v) is 5.93. The molecule has 0 bridgehead atoms. The van der Waals surface area contributed by atoms with Crippen molar-refractivity contribution in [3.63, 3.8) is 0 Å². The van der Waals surface area contributed by atoms with Crippen LogP contribution in [0.2, 0.25) is 0 Å². The summed E-state index contributed by atoms with van der Waals surface area (Å²) >= 11 is 0. The fourth-order valence-electron chi connectivity index (χ4n) is 2.43. The molecule has 0 radical (unpaired) electrons. The van der Waals surface area contributed by atoms with E-state index >= 15 is 0 Å². The van der Waals surface area contributed by atoms with Crippen LogP contribution in [-0.4, -0.2) is 30.1 Å². The zero-order chi connectivity index (χ0) is 10.8. The Hall–Kier alpha value is -0.0800. The van der Waals surface area contributed by atoms with Crippen molar-refractivity contribution in [2.45, 2.75) is 46.1 Å². The van der Waals surface area contributed by atoms with Crippen molar-refractivity contribution in [3.05, 3.63) is 0 Å². The first-order chi connectivity index (χ1) is 6.48. The Morgan fingerprint density at radius 1 is 1.43 bits per heavy atom. The molecule has 0 amide bonds. The number of hydrogen-bond donors (Lipinski definition) is 1. The summed E-state index contributed by atoms with van der Waals surface area (Å²) in [4.78, 5) is 2.62. The first kappa shape index (κ1) is 12.0. The molecule has 1 rings (SSSR count). The van der Waals surface area contributed by atoms with Gasteiger partial charge in [-0.3, -0.25) is 4.90 Å². The van der Waals surface area contributed by atoms with Gasteiger partial charge in [-0.25, -0.2) is 0 Å². The molecule has 84 valence electrons. The van der Waals surface area contributed by atoms with Crippen molar-refractivity contribution in [1.82, 2.24) is 4.90 Å². The molecule has 2 N–H and O–H groups in total. The number of hydrogen-bond acceptors (Lipinski definition) is 2. The minimum Gasteiger partial charge on any atom is -0.330 e. The Bertz CT molecular complexity index is 175.